The summed E-state index contributed by atoms with van der Waals surface area (Å²) >= 11 is 0. The van der Waals surface area contributed by atoms with Crippen LogP contribution in [0.5, 0.6) is 0 Å². The Balaban J connectivity index is 1.45. The van der Waals surface area contributed by atoms with Gasteiger partial charge in [0.2, 0.25) is 0 Å². The van der Waals surface area contributed by atoms with Crippen LogP contribution >= 0.6 is 0 Å². The molecule has 0 unspecified atom stereocenters. The molecular formula is C28H25N3O2. The standard InChI is InChI=1S/C28H25N3O2/c1-19-10-12-21(13-11-19)17-31-27(32)25(29-28(31)33)15-23-18-30(26-9-4-3-8-24(23)26)16-22-7-5-6-20(2)14-22/h3-15,18H,16-17H2,1-2H3,(H,29,33)/b25-15+. The minimum absolute atomic E-state index is 0.247. The fourth-order valence-electron chi connectivity index (χ4n) is 4.27. The Morgan fingerprint density at radius 3 is 2.39 bits per heavy atom. The van der Waals surface area contributed by atoms with Gasteiger partial charge < -0.3 is 9.88 Å². The maximum Gasteiger partial charge on any atom is 0.329 e. The molecule has 5 heteroatoms. The fraction of sp³-hybridized carbons (Fsp3) is 0.143. The van der Waals surface area contributed by atoms with Crippen LogP contribution in [0, 0.1) is 13.8 Å². The third-order valence-electron chi connectivity index (χ3n) is 5.98. The molecule has 3 amide bonds. The van der Waals surface area contributed by atoms with E-state index in [-0.39, 0.29) is 12.5 Å². The summed E-state index contributed by atoms with van der Waals surface area (Å²) in [4.78, 5) is 26.8. The van der Waals surface area contributed by atoms with Crippen molar-refractivity contribution in [2.24, 2.45) is 0 Å². The van der Waals surface area contributed by atoms with Crippen LogP contribution in [0.1, 0.15) is 27.8 Å². The number of aromatic nitrogens is 1. The molecular weight excluding hydrogens is 410 g/mol. The number of carbonyl (C=O) groups is 2. The van der Waals surface area contributed by atoms with Crippen LogP contribution in [0.2, 0.25) is 0 Å². The summed E-state index contributed by atoms with van der Waals surface area (Å²) in [5, 5.41) is 3.79. The normalized spacial score (nSPS) is 15.0. The van der Waals surface area contributed by atoms with Gasteiger partial charge in [0, 0.05) is 29.2 Å². The van der Waals surface area contributed by atoms with Crippen LogP contribution in [-0.4, -0.2) is 21.4 Å². The fourth-order valence-corrected chi connectivity index (χ4v) is 4.27. The first-order valence-corrected chi connectivity index (χ1v) is 11.0. The molecule has 0 radical (unpaired) electrons. The van der Waals surface area contributed by atoms with E-state index >= 15 is 0 Å². The van der Waals surface area contributed by atoms with E-state index in [2.05, 4.69) is 47.1 Å². The zero-order chi connectivity index (χ0) is 22.9. The van der Waals surface area contributed by atoms with Gasteiger partial charge in [0.05, 0.1) is 6.54 Å². The third-order valence-corrected chi connectivity index (χ3v) is 5.98. The number of nitrogens with one attached hydrogen (secondary N) is 1. The van der Waals surface area contributed by atoms with Gasteiger partial charge in [0.15, 0.2) is 0 Å². The molecule has 1 aliphatic rings. The van der Waals surface area contributed by atoms with E-state index in [0.717, 1.165) is 34.1 Å². The number of amides is 3. The average molecular weight is 436 g/mol. The minimum atomic E-state index is -0.393. The largest absolute Gasteiger partial charge is 0.342 e. The Morgan fingerprint density at radius 2 is 1.61 bits per heavy atom. The van der Waals surface area contributed by atoms with Gasteiger partial charge in [-0.2, -0.15) is 0 Å². The van der Waals surface area contributed by atoms with Crippen molar-refractivity contribution in [3.63, 3.8) is 0 Å². The lowest BCUT2D eigenvalue weighted by molar-refractivity contribution is -0.123. The molecule has 1 aromatic heterocycles. The molecule has 0 aliphatic carbocycles. The quantitative estimate of drug-likeness (QED) is 0.337. The molecule has 0 spiro atoms. The number of benzene rings is 3. The van der Waals surface area contributed by atoms with E-state index in [9.17, 15) is 9.59 Å². The second kappa shape index (κ2) is 8.43. The van der Waals surface area contributed by atoms with Gasteiger partial charge in [-0.15, -0.1) is 0 Å². The van der Waals surface area contributed by atoms with Crippen molar-refractivity contribution in [1.29, 1.82) is 0 Å². The van der Waals surface area contributed by atoms with Gasteiger partial charge in [0.25, 0.3) is 5.91 Å². The smallest absolute Gasteiger partial charge is 0.329 e. The van der Waals surface area contributed by atoms with Crippen LogP contribution in [0.25, 0.3) is 17.0 Å². The maximum absolute atomic E-state index is 13.0. The van der Waals surface area contributed by atoms with Crippen LogP contribution in [0.4, 0.5) is 4.79 Å². The number of para-hydroxylation sites is 1. The van der Waals surface area contributed by atoms with Crippen molar-refractivity contribution in [1.82, 2.24) is 14.8 Å². The Morgan fingerprint density at radius 1 is 0.818 bits per heavy atom. The molecule has 3 aromatic carbocycles. The Labute approximate surface area is 193 Å². The van der Waals surface area contributed by atoms with Crippen molar-refractivity contribution in [2.75, 3.05) is 0 Å². The molecule has 4 aromatic rings. The second-order valence-electron chi connectivity index (χ2n) is 8.58. The monoisotopic (exact) mass is 435 g/mol. The molecule has 164 valence electrons. The second-order valence-corrected chi connectivity index (χ2v) is 8.58. The van der Waals surface area contributed by atoms with Crippen molar-refractivity contribution < 1.29 is 9.59 Å². The number of nitrogens with zero attached hydrogens (tertiary/aromatic N) is 2. The summed E-state index contributed by atoms with van der Waals surface area (Å²) in [5.41, 5.74) is 6.77. The van der Waals surface area contributed by atoms with E-state index in [0.29, 0.717) is 5.70 Å². The topological polar surface area (TPSA) is 54.3 Å². The van der Waals surface area contributed by atoms with Crippen LogP contribution in [0.15, 0.2) is 84.7 Å². The van der Waals surface area contributed by atoms with E-state index in [1.807, 2.05) is 55.6 Å². The highest BCUT2D eigenvalue weighted by Gasteiger charge is 2.33. The zero-order valence-electron chi connectivity index (χ0n) is 18.7. The van der Waals surface area contributed by atoms with Gasteiger partial charge in [-0.05, 0) is 37.1 Å². The lowest BCUT2D eigenvalue weighted by Gasteiger charge is -2.11. The van der Waals surface area contributed by atoms with Gasteiger partial charge in [-0.1, -0.05) is 77.9 Å². The van der Waals surface area contributed by atoms with Gasteiger partial charge in [-0.25, -0.2) is 4.79 Å². The Hall–Kier alpha value is -4.12. The lowest BCUT2D eigenvalue weighted by atomic mass is 10.1. The Bertz CT molecular complexity index is 1400. The first-order chi connectivity index (χ1) is 16.0. The van der Waals surface area contributed by atoms with E-state index < -0.39 is 6.03 Å². The molecule has 33 heavy (non-hydrogen) atoms. The summed E-state index contributed by atoms with van der Waals surface area (Å²) in [5.74, 6) is -0.309. The molecule has 1 aliphatic heterocycles. The van der Waals surface area contributed by atoms with Gasteiger partial charge >= 0.3 is 6.03 Å². The molecule has 5 nitrogen and oxygen atoms in total. The zero-order valence-corrected chi connectivity index (χ0v) is 18.7. The van der Waals surface area contributed by atoms with Crippen molar-refractivity contribution >= 4 is 28.9 Å². The summed E-state index contributed by atoms with van der Waals surface area (Å²) in [6, 6.07) is 24.0. The summed E-state index contributed by atoms with van der Waals surface area (Å²) in [6.45, 7) is 5.07. The van der Waals surface area contributed by atoms with E-state index in [1.165, 1.54) is 16.0 Å². The predicted octanol–water partition coefficient (Wildman–Crippen LogP) is 5.40. The van der Waals surface area contributed by atoms with Crippen LogP contribution < -0.4 is 5.32 Å². The number of carbonyl (C=O) groups excluding carboxylic acids is 2. The van der Waals surface area contributed by atoms with Gasteiger partial charge in [-0.3, -0.25) is 9.69 Å². The molecule has 1 N–H and O–H groups in total. The number of aryl methyl sites for hydroxylation is 2. The number of hydrogen-bond acceptors (Lipinski definition) is 2. The number of imide groups is 1. The summed E-state index contributed by atoms with van der Waals surface area (Å²) in [6.07, 6.45) is 3.83. The molecule has 1 fully saturated rings. The molecule has 0 saturated carbocycles. The molecule has 2 heterocycles. The third kappa shape index (κ3) is 4.17. The molecule has 1 saturated heterocycles. The average Bonchev–Trinajstić information content (AvgIpc) is 3.27. The molecule has 0 atom stereocenters. The maximum atomic E-state index is 13.0. The number of hydrogen-bond donors (Lipinski definition) is 1. The SMILES string of the molecule is Cc1ccc(CN2C(=O)N/C(=C/c3cn(Cc4cccc(C)c4)c4ccccc34)C2=O)cc1. The predicted molar refractivity (Wildman–Crippen MR) is 130 cm³/mol. The number of rotatable bonds is 5. The first kappa shape index (κ1) is 20.8. The van der Waals surface area contributed by atoms with Crippen molar-refractivity contribution in [2.45, 2.75) is 26.9 Å². The lowest BCUT2D eigenvalue weighted by Crippen LogP contribution is -2.30. The number of fused-ring (bicyclic) bond motifs is 1. The summed E-state index contributed by atoms with van der Waals surface area (Å²) in [7, 11) is 0. The summed E-state index contributed by atoms with van der Waals surface area (Å²) < 4.78 is 2.18. The highest BCUT2D eigenvalue weighted by molar-refractivity contribution is 6.14. The van der Waals surface area contributed by atoms with Crippen molar-refractivity contribution in [3.8, 4) is 0 Å². The molecule has 5 rings (SSSR count). The van der Waals surface area contributed by atoms with Crippen LogP contribution in [0.3, 0.4) is 0 Å². The minimum Gasteiger partial charge on any atom is -0.342 e. The van der Waals surface area contributed by atoms with Gasteiger partial charge in [0.1, 0.15) is 5.70 Å². The van der Waals surface area contributed by atoms with E-state index in [4.69, 9.17) is 0 Å². The number of urea groups is 1. The first-order valence-electron chi connectivity index (χ1n) is 11.0. The van der Waals surface area contributed by atoms with Crippen molar-refractivity contribution in [3.05, 3.63) is 113 Å². The van der Waals surface area contributed by atoms with Crippen LogP contribution in [-0.2, 0) is 17.9 Å². The molecule has 0 bridgehead atoms. The highest BCUT2D eigenvalue weighted by Crippen LogP contribution is 2.26. The van der Waals surface area contributed by atoms with E-state index in [1.54, 1.807) is 6.08 Å². The highest BCUT2D eigenvalue weighted by atomic mass is 16.2. The Kier molecular flexibility index (Phi) is 5.31.